The highest BCUT2D eigenvalue weighted by Crippen LogP contribution is 2.23. The lowest BCUT2D eigenvalue weighted by Gasteiger charge is -2.07. The monoisotopic (exact) mass is 242 g/mol. The molecule has 2 heteroatoms. The van der Waals surface area contributed by atoms with Gasteiger partial charge in [-0.15, -0.1) is 0 Å². The number of hydrogen-bond donors (Lipinski definition) is 0. The minimum Gasteiger partial charge on any atom is -0.457 e. The smallest absolute Gasteiger partial charge is 0.130 e. The minimum atomic E-state index is 0.167. The predicted octanol–water partition coefficient (Wildman–Crippen LogP) is 4.38. The zero-order chi connectivity index (χ0) is 13.4. The quantitative estimate of drug-likeness (QED) is 0.781. The molecule has 0 saturated heterocycles. The molecule has 0 fully saturated rings. The summed E-state index contributed by atoms with van der Waals surface area (Å²) in [7, 11) is 0. The lowest BCUT2D eigenvalue weighted by molar-refractivity contribution is -0.114. The summed E-state index contributed by atoms with van der Waals surface area (Å²) in [4.78, 5) is 9.44. The lowest BCUT2D eigenvalue weighted by Crippen LogP contribution is -1.85. The number of aryl methyl sites for hydroxylation is 1. The van der Waals surface area contributed by atoms with Gasteiger partial charge < -0.3 is 9.53 Å². The van der Waals surface area contributed by atoms with Crippen LogP contribution in [-0.2, 0) is 4.79 Å². The second-order valence-corrected chi connectivity index (χ2v) is 4.09. The highest BCUT2D eigenvalue weighted by Gasteiger charge is 1.98. The number of para-hydroxylation sites is 2. The van der Waals surface area contributed by atoms with Crippen LogP contribution in [0, 0.1) is 6.92 Å². The van der Waals surface area contributed by atoms with Gasteiger partial charge in [0.05, 0.1) is 0 Å². The van der Waals surface area contributed by atoms with E-state index in [9.17, 15) is 4.79 Å². The van der Waals surface area contributed by atoms with Crippen LogP contribution in [0.3, 0.4) is 0 Å². The lowest BCUT2D eigenvalue weighted by atomic mass is 10.2. The van der Waals surface area contributed by atoms with Gasteiger partial charge in [0.2, 0.25) is 0 Å². The Labute approximate surface area is 108 Å². The summed E-state index contributed by atoms with van der Waals surface area (Å²) < 4.78 is 5.71. The Kier molecular flexibility index (Phi) is 5.65. The van der Waals surface area contributed by atoms with Crippen molar-refractivity contribution in [3.8, 4) is 11.5 Å². The highest BCUT2D eigenvalue weighted by molar-refractivity contribution is 5.72. The number of rotatable bonds is 2. The standard InChI is InChI=1S/C13H12O.C3H6O/c1-11-7-5-6-10-13(11)14-12-8-3-2-4-9-12;1-3(2)4/h2-10H,1H3;1-2H3. The third-order valence-corrected chi connectivity index (χ3v) is 2.06. The number of ether oxygens (including phenoxy) is 1. The molecule has 2 aromatic carbocycles. The Balaban J connectivity index is 0.000000357. The summed E-state index contributed by atoms with van der Waals surface area (Å²) in [5, 5.41) is 0. The van der Waals surface area contributed by atoms with Crippen molar-refractivity contribution in [2.45, 2.75) is 20.8 Å². The Morgan fingerprint density at radius 2 is 1.39 bits per heavy atom. The second kappa shape index (κ2) is 7.28. The molecule has 0 N–H and O–H groups in total. The number of ketones is 1. The summed E-state index contributed by atoms with van der Waals surface area (Å²) in [6, 6.07) is 17.8. The molecule has 0 bridgehead atoms. The van der Waals surface area contributed by atoms with E-state index in [4.69, 9.17) is 4.74 Å². The van der Waals surface area contributed by atoms with E-state index in [2.05, 4.69) is 0 Å². The number of hydrogen-bond acceptors (Lipinski definition) is 2. The maximum Gasteiger partial charge on any atom is 0.130 e. The predicted molar refractivity (Wildman–Crippen MR) is 74.1 cm³/mol. The van der Waals surface area contributed by atoms with E-state index >= 15 is 0 Å². The molecule has 94 valence electrons. The molecule has 2 rings (SSSR count). The van der Waals surface area contributed by atoms with Crippen LogP contribution in [0.1, 0.15) is 19.4 Å². The molecule has 0 radical (unpaired) electrons. The van der Waals surface area contributed by atoms with Gasteiger partial charge in [-0.3, -0.25) is 0 Å². The first kappa shape index (κ1) is 14.0. The summed E-state index contributed by atoms with van der Waals surface area (Å²) in [6.07, 6.45) is 0. The average Bonchev–Trinajstić information content (AvgIpc) is 2.33. The van der Waals surface area contributed by atoms with Crippen molar-refractivity contribution in [2.75, 3.05) is 0 Å². The first-order valence-corrected chi connectivity index (χ1v) is 5.85. The van der Waals surface area contributed by atoms with Crippen molar-refractivity contribution in [3.05, 3.63) is 60.2 Å². The van der Waals surface area contributed by atoms with Crippen LogP contribution >= 0.6 is 0 Å². The van der Waals surface area contributed by atoms with Crippen molar-refractivity contribution in [3.63, 3.8) is 0 Å². The first-order valence-electron chi connectivity index (χ1n) is 5.85. The molecule has 0 aliphatic rings. The van der Waals surface area contributed by atoms with Gasteiger partial charge in [0.15, 0.2) is 0 Å². The van der Waals surface area contributed by atoms with Crippen LogP contribution in [0.15, 0.2) is 54.6 Å². The highest BCUT2D eigenvalue weighted by atomic mass is 16.5. The molecule has 0 aliphatic carbocycles. The summed E-state index contributed by atoms with van der Waals surface area (Å²) >= 11 is 0. The van der Waals surface area contributed by atoms with E-state index in [-0.39, 0.29) is 5.78 Å². The Morgan fingerprint density at radius 3 is 1.94 bits per heavy atom. The summed E-state index contributed by atoms with van der Waals surface area (Å²) in [5.74, 6) is 1.96. The fourth-order valence-corrected chi connectivity index (χ4v) is 1.29. The van der Waals surface area contributed by atoms with Crippen molar-refractivity contribution in [1.29, 1.82) is 0 Å². The SMILES string of the molecule is CC(C)=O.Cc1ccccc1Oc1ccccc1. The number of carbonyl (C=O) groups is 1. The Hall–Kier alpha value is -2.09. The third kappa shape index (κ3) is 5.30. The Bertz CT molecular complexity index is 485. The molecule has 0 saturated carbocycles. The van der Waals surface area contributed by atoms with Gasteiger partial charge in [-0.2, -0.15) is 0 Å². The van der Waals surface area contributed by atoms with Crippen molar-refractivity contribution < 1.29 is 9.53 Å². The van der Waals surface area contributed by atoms with Gasteiger partial charge >= 0.3 is 0 Å². The average molecular weight is 242 g/mol. The van der Waals surface area contributed by atoms with Crippen molar-refractivity contribution in [2.24, 2.45) is 0 Å². The summed E-state index contributed by atoms with van der Waals surface area (Å²) in [6.45, 7) is 5.10. The van der Waals surface area contributed by atoms with Crippen LogP contribution < -0.4 is 4.74 Å². The maximum absolute atomic E-state index is 9.44. The van der Waals surface area contributed by atoms with Crippen LogP contribution in [0.5, 0.6) is 11.5 Å². The molecule has 2 aromatic rings. The van der Waals surface area contributed by atoms with Crippen molar-refractivity contribution in [1.82, 2.24) is 0 Å². The molecule has 0 aliphatic heterocycles. The molecule has 0 atom stereocenters. The Morgan fingerprint density at radius 1 is 0.889 bits per heavy atom. The molecule has 0 aromatic heterocycles. The molecular formula is C16H18O2. The normalized spacial score (nSPS) is 9.06. The molecule has 0 heterocycles. The van der Waals surface area contributed by atoms with E-state index in [1.807, 2.05) is 61.5 Å². The number of Topliss-reactive ketones (excluding diaryl/α,β-unsaturated/α-hetero) is 1. The topological polar surface area (TPSA) is 26.3 Å². The molecular weight excluding hydrogens is 224 g/mol. The fraction of sp³-hybridized carbons (Fsp3) is 0.188. The van der Waals surface area contributed by atoms with E-state index in [0.717, 1.165) is 17.1 Å². The van der Waals surface area contributed by atoms with E-state index in [0.29, 0.717) is 0 Å². The minimum absolute atomic E-state index is 0.167. The third-order valence-electron chi connectivity index (χ3n) is 2.06. The van der Waals surface area contributed by atoms with Crippen LogP contribution in [0.4, 0.5) is 0 Å². The summed E-state index contributed by atoms with van der Waals surface area (Å²) in [5.41, 5.74) is 1.15. The van der Waals surface area contributed by atoms with Crippen LogP contribution in [0.2, 0.25) is 0 Å². The molecule has 18 heavy (non-hydrogen) atoms. The van der Waals surface area contributed by atoms with Crippen molar-refractivity contribution >= 4 is 5.78 Å². The van der Waals surface area contributed by atoms with Gasteiger partial charge in [0.1, 0.15) is 17.3 Å². The van der Waals surface area contributed by atoms with Gasteiger partial charge in [-0.25, -0.2) is 0 Å². The largest absolute Gasteiger partial charge is 0.457 e. The number of benzene rings is 2. The van der Waals surface area contributed by atoms with E-state index in [1.54, 1.807) is 0 Å². The van der Waals surface area contributed by atoms with E-state index in [1.165, 1.54) is 13.8 Å². The fourth-order valence-electron chi connectivity index (χ4n) is 1.29. The zero-order valence-electron chi connectivity index (χ0n) is 11.0. The van der Waals surface area contributed by atoms with Gasteiger partial charge in [0, 0.05) is 0 Å². The molecule has 2 nitrogen and oxygen atoms in total. The molecule has 0 unspecified atom stereocenters. The van der Waals surface area contributed by atoms with Crippen LogP contribution in [-0.4, -0.2) is 5.78 Å². The molecule has 0 spiro atoms. The van der Waals surface area contributed by atoms with E-state index < -0.39 is 0 Å². The second-order valence-electron chi connectivity index (χ2n) is 4.09. The molecule has 0 amide bonds. The van der Waals surface area contributed by atoms with Gasteiger partial charge in [-0.05, 0) is 44.5 Å². The van der Waals surface area contributed by atoms with Gasteiger partial charge in [0.25, 0.3) is 0 Å². The zero-order valence-corrected chi connectivity index (χ0v) is 11.0. The van der Waals surface area contributed by atoms with Crippen LogP contribution in [0.25, 0.3) is 0 Å². The maximum atomic E-state index is 9.44. The first-order chi connectivity index (χ1) is 8.59. The van der Waals surface area contributed by atoms with Gasteiger partial charge in [-0.1, -0.05) is 36.4 Å². The number of carbonyl (C=O) groups excluding carboxylic acids is 1.